The number of urea groups is 1. The Labute approximate surface area is 114 Å². The lowest BCUT2D eigenvalue weighted by atomic mass is 9.94. The summed E-state index contributed by atoms with van der Waals surface area (Å²) in [5.41, 5.74) is 0. The van der Waals surface area contributed by atoms with Crippen molar-refractivity contribution in [2.75, 3.05) is 20.1 Å². The summed E-state index contributed by atoms with van der Waals surface area (Å²) in [7, 11) is 2.06. The van der Waals surface area contributed by atoms with E-state index in [2.05, 4.69) is 29.5 Å². The van der Waals surface area contributed by atoms with Crippen LogP contribution in [0, 0.1) is 11.8 Å². The molecule has 6 nitrogen and oxygen atoms in total. The van der Waals surface area contributed by atoms with Gasteiger partial charge in [0.15, 0.2) is 0 Å². The monoisotopic (exact) mass is 271 g/mol. The van der Waals surface area contributed by atoms with E-state index in [9.17, 15) is 9.59 Å². The topological polar surface area (TPSA) is 81.7 Å². The number of amides is 2. The number of rotatable bonds is 4. The van der Waals surface area contributed by atoms with Crippen molar-refractivity contribution in [2.24, 2.45) is 11.8 Å². The molecule has 0 spiro atoms. The van der Waals surface area contributed by atoms with Crippen LogP contribution in [0.1, 0.15) is 27.2 Å². The Morgan fingerprint density at radius 3 is 2.47 bits per heavy atom. The molecule has 0 radical (unpaired) electrons. The maximum absolute atomic E-state index is 11.9. The third-order valence-corrected chi connectivity index (χ3v) is 3.64. The van der Waals surface area contributed by atoms with Crippen LogP contribution < -0.4 is 10.6 Å². The molecule has 0 aromatic heterocycles. The van der Waals surface area contributed by atoms with Gasteiger partial charge in [0.2, 0.25) is 0 Å². The number of carbonyl (C=O) groups excluding carboxylic acids is 1. The van der Waals surface area contributed by atoms with Crippen LogP contribution in [0.4, 0.5) is 4.79 Å². The summed E-state index contributed by atoms with van der Waals surface area (Å²) in [4.78, 5) is 25.1. The van der Waals surface area contributed by atoms with Crippen molar-refractivity contribution in [3.63, 3.8) is 0 Å². The van der Waals surface area contributed by atoms with Gasteiger partial charge in [-0.1, -0.05) is 20.8 Å². The van der Waals surface area contributed by atoms with E-state index in [1.807, 2.05) is 0 Å². The number of hydrogen-bond donors (Lipinski definition) is 3. The van der Waals surface area contributed by atoms with Gasteiger partial charge in [-0.3, -0.25) is 0 Å². The van der Waals surface area contributed by atoms with E-state index in [0.717, 1.165) is 19.5 Å². The second-order valence-corrected chi connectivity index (χ2v) is 5.81. The SMILES string of the molecule is CC1CN(C)CCC1NC(=O)N[C@H](C(=O)O)C(C)C. The fourth-order valence-electron chi connectivity index (χ4n) is 2.43. The Morgan fingerprint density at radius 1 is 1.37 bits per heavy atom. The first kappa shape index (κ1) is 15.8. The van der Waals surface area contributed by atoms with E-state index in [-0.39, 0.29) is 18.0 Å². The van der Waals surface area contributed by atoms with E-state index < -0.39 is 12.0 Å². The molecule has 110 valence electrons. The number of hydrogen-bond acceptors (Lipinski definition) is 3. The lowest BCUT2D eigenvalue weighted by molar-refractivity contribution is -0.140. The lowest BCUT2D eigenvalue weighted by Crippen LogP contribution is -2.55. The average molecular weight is 271 g/mol. The van der Waals surface area contributed by atoms with Crippen molar-refractivity contribution in [3.8, 4) is 0 Å². The molecule has 0 aliphatic carbocycles. The standard InChI is InChI=1S/C13H25N3O3/c1-8(2)11(12(17)18)15-13(19)14-10-5-6-16(4)7-9(10)3/h8-11H,5-7H2,1-4H3,(H,17,18)(H2,14,15,19)/t9?,10?,11-/m0/s1. The van der Waals surface area contributed by atoms with Gasteiger partial charge in [-0.2, -0.15) is 0 Å². The van der Waals surface area contributed by atoms with Gasteiger partial charge in [0, 0.05) is 12.6 Å². The van der Waals surface area contributed by atoms with Crippen LogP contribution in [0.3, 0.4) is 0 Å². The van der Waals surface area contributed by atoms with E-state index in [1.54, 1.807) is 13.8 Å². The number of carboxylic acid groups (broad SMARTS) is 1. The van der Waals surface area contributed by atoms with Crippen molar-refractivity contribution in [1.29, 1.82) is 0 Å². The first-order chi connectivity index (χ1) is 8.81. The summed E-state index contributed by atoms with van der Waals surface area (Å²) in [6.45, 7) is 7.53. The van der Waals surface area contributed by atoms with Gasteiger partial charge in [0.25, 0.3) is 0 Å². The van der Waals surface area contributed by atoms with Crippen molar-refractivity contribution in [1.82, 2.24) is 15.5 Å². The number of carbonyl (C=O) groups is 2. The minimum Gasteiger partial charge on any atom is -0.480 e. The van der Waals surface area contributed by atoms with E-state index in [1.165, 1.54) is 0 Å². The summed E-state index contributed by atoms with van der Waals surface area (Å²) in [5.74, 6) is -0.772. The summed E-state index contributed by atoms with van der Waals surface area (Å²) < 4.78 is 0. The van der Waals surface area contributed by atoms with Gasteiger partial charge >= 0.3 is 12.0 Å². The molecule has 3 N–H and O–H groups in total. The fraction of sp³-hybridized carbons (Fsp3) is 0.846. The summed E-state index contributed by atoms with van der Waals surface area (Å²) in [6.07, 6.45) is 0.893. The minimum atomic E-state index is -0.999. The molecular weight excluding hydrogens is 246 g/mol. The predicted octanol–water partition coefficient (Wildman–Crippen LogP) is 0.735. The Bertz CT molecular complexity index is 333. The van der Waals surface area contributed by atoms with Crippen LogP contribution in [0.15, 0.2) is 0 Å². The van der Waals surface area contributed by atoms with Gasteiger partial charge in [0.05, 0.1) is 0 Å². The molecular formula is C13H25N3O3. The third-order valence-electron chi connectivity index (χ3n) is 3.64. The fourth-order valence-corrected chi connectivity index (χ4v) is 2.43. The number of nitrogens with one attached hydrogen (secondary N) is 2. The predicted molar refractivity (Wildman–Crippen MR) is 73.0 cm³/mol. The zero-order chi connectivity index (χ0) is 14.6. The van der Waals surface area contributed by atoms with Gasteiger partial charge in [-0.25, -0.2) is 9.59 Å². The highest BCUT2D eigenvalue weighted by Crippen LogP contribution is 2.15. The van der Waals surface area contributed by atoms with E-state index in [4.69, 9.17) is 5.11 Å². The van der Waals surface area contributed by atoms with Crippen molar-refractivity contribution >= 4 is 12.0 Å². The zero-order valence-electron chi connectivity index (χ0n) is 12.1. The molecule has 19 heavy (non-hydrogen) atoms. The molecule has 1 saturated heterocycles. The van der Waals surface area contributed by atoms with Crippen LogP contribution in [0.2, 0.25) is 0 Å². The molecule has 2 unspecified atom stereocenters. The molecule has 0 aromatic carbocycles. The molecule has 1 aliphatic heterocycles. The van der Waals surface area contributed by atoms with E-state index >= 15 is 0 Å². The van der Waals surface area contributed by atoms with Gasteiger partial charge in [0.1, 0.15) is 6.04 Å². The quantitative estimate of drug-likeness (QED) is 0.704. The molecule has 6 heteroatoms. The normalized spacial score (nSPS) is 25.9. The Balaban J connectivity index is 2.48. The second-order valence-electron chi connectivity index (χ2n) is 5.81. The number of piperidine rings is 1. The van der Waals surface area contributed by atoms with Crippen LogP contribution in [0.25, 0.3) is 0 Å². The zero-order valence-corrected chi connectivity index (χ0v) is 12.1. The maximum atomic E-state index is 11.9. The first-order valence-electron chi connectivity index (χ1n) is 6.79. The molecule has 1 heterocycles. The van der Waals surface area contributed by atoms with Crippen LogP contribution in [-0.4, -0.2) is 54.2 Å². The third kappa shape index (κ3) is 4.70. The lowest BCUT2D eigenvalue weighted by Gasteiger charge is -2.35. The number of carboxylic acids is 1. The molecule has 0 bridgehead atoms. The maximum Gasteiger partial charge on any atom is 0.326 e. The van der Waals surface area contributed by atoms with E-state index in [0.29, 0.717) is 5.92 Å². The van der Waals surface area contributed by atoms with Crippen LogP contribution in [0.5, 0.6) is 0 Å². The van der Waals surface area contributed by atoms with Gasteiger partial charge in [-0.15, -0.1) is 0 Å². The highest BCUT2D eigenvalue weighted by molar-refractivity contribution is 5.82. The van der Waals surface area contributed by atoms with Crippen molar-refractivity contribution in [3.05, 3.63) is 0 Å². The number of aliphatic carboxylic acids is 1. The highest BCUT2D eigenvalue weighted by atomic mass is 16.4. The summed E-state index contributed by atoms with van der Waals surface area (Å²) in [5, 5.41) is 14.5. The highest BCUT2D eigenvalue weighted by Gasteiger charge is 2.28. The summed E-state index contributed by atoms with van der Waals surface area (Å²) in [6, 6.07) is -1.12. The molecule has 1 rings (SSSR count). The Morgan fingerprint density at radius 2 is 2.00 bits per heavy atom. The van der Waals surface area contributed by atoms with Crippen LogP contribution >= 0.6 is 0 Å². The molecule has 0 aromatic rings. The van der Waals surface area contributed by atoms with Gasteiger partial charge in [-0.05, 0) is 31.8 Å². The number of likely N-dealkylation sites (tertiary alicyclic amines) is 1. The van der Waals surface area contributed by atoms with Crippen molar-refractivity contribution in [2.45, 2.75) is 39.3 Å². The Kier molecular flexibility index (Phi) is 5.60. The second kappa shape index (κ2) is 6.75. The summed E-state index contributed by atoms with van der Waals surface area (Å²) >= 11 is 0. The molecule has 1 fully saturated rings. The smallest absolute Gasteiger partial charge is 0.326 e. The molecule has 0 saturated carbocycles. The largest absolute Gasteiger partial charge is 0.480 e. The van der Waals surface area contributed by atoms with Crippen molar-refractivity contribution < 1.29 is 14.7 Å². The molecule has 2 amide bonds. The minimum absolute atomic E-state index is 0.109. The van der Waals surface area contributed by atoms with Gasteiger partial charge < -0.3 is 20.6 Å². The van der Waals surface area contributed by atoms with Crippen LogP contribution in [-0.2, 0) is 4.79 Å². The first-order valence-corrected chi connectivity index (χ1v) is 6.79. The Hall–Kier alpha value is -1.30. The molecule has 3 atom stereocenters. The molecule has 1 aliphatic rings. The average Bonchev–Trinajstić information content (AvgIpc) is 2.29. The number of nitrogens with zero attached hydrogens (tertiary/aromatic N) is 1.